The number of para-hydroxylation sites is 1. The number of carbonyl (C=O) groups is 1. The summed E-state index contributed by atoms with van der Waals surface area (Å²) in [7, 11) is 0. The Kier molecular flexibility index (Phi) is 4.10. The number of H-pyrrole nitrogens is 1. The summed E-state index contributed by atoms with van der Waals surface area (Å²) < 4.78 is 5.48. The molecule has 0 unspecified atom stereocenters. The molecule has 0 spiro atoms. The molecule has 0 saturated heterocycles. The summed E-state index contributed by atoms with van der Waals surface area (Å²) in [4.78, 5) is 11.8. The molecule has 5 nitrogen and oxygen atoms in total. The van der Waals surface area contributed by atoms with E-state index in [0.29, 0.717) is 22.5 Å². The number of nitrogens with zero attached hydrogens (tertiary/aromatic N) is 1. The summed E-state index contributed by atoms with van der Waals surface area (Å²) in [6.07, 6.45) is 2.62. The van der Waals surface area contributed by atoms with Crippen LogP contribution in [0.15, 0.2) is 30.3 Å². The lowest BCUT2D eigenvalue weighted by Crippen LogP contribution is -2.15. The smallest absolute Gasteiger partial charge is 0.228 e. The lowest BCUT2D eigenvalue weighted by Gasteiger charge is -2.07. The topological polar surface area (TPSA) is 67.0 Å². The summed E-state index contributed by atoms with van der Waals surface area (Å²) >= 11 is 5.97. The molecule has 3 rings (SSSR count). The molecule has 0 radical (unpaired) electrons. The van der Waals surface area contributed by atoms with E-state index in [1.165, 1.54) is 12.8 Å². The van der Waals surface area contributed by atoms with Gasteiger partial charge in [-0.2, -0.15) is 5.10 Å². The molecule has 1 aliphatic rings. The summed E-state index contributed by atoms with van der Waals surface area (Å²) in [6.45, 7) is 0.277. The van der Waals surface area contributed by atoms with Crippen LogP contribution in [-0.2, 0) is 4.79 Å². The van der Waals surface area contributed by atoms with E-state index in [9.17, 15) is 4.79 Å². The molecule has 21 heavy (non-hydrogen) atoms. The monoisotopic (exact) mass is 305 g/mol. The molecule has 6 heteroatoms. The van der Waals surface area contributed by atoms with Crippen LogP contribution in [0, 0.1) is 0 Å². The largest absolute Gasteiger partial charge is 0.491 e. The molecule has 1 saturated carbocycles. The van der Waals surface area contributed by atoms with Crippen LogP contribution in [0.4, 0.5) is 5.82 Å². The fourth-order valence-corrected chi connectivity index (χ4v) is 2.21. The number of rotatable bonds is 6. The van der Waals surface area contributed by atoms with E-state index in [2.05, 4.69) is 15.5 Å². The zero-order valence-electron chi connectivity index (χ0n) is 11.4. The predicted octanol–water partition coefficient (Wildman–Crippen LogP) is 3.35. The summed E-state index contributed by atoms with van der Waals surface area (Å²) in [6, 6.07) is 9.09. The molecule has 1 heterocycles. The van der Waals surface area contributed by atoms with Gasteiger partial charge in [0, 0.05) is 12.0 Å². The molecule has 0 bridgehead atoms. The molecule has 1 aromatic carbocycles. The van der Waals surface area contributed by atoms with Crippen molar-refractivity contribution in [2.75, 3.05) is 11.9 Å². The van der Waals surface area contributed by atoms with Crippen molar-refractivity contribution in [3.63, 3.8) is 0 Å². The van der Waals surface area contributed by atoms with Gasteiger partial charge in [-0.3, -0.25) is 9.89 Å². The third-order valence-electron chi connectivity index (χ3n) is 3.29. The van der Waals surface area contributed by atoms with Gasteiger partial charge in [0.25, 0.3) is 0 Å². The lowest BCUT2D eigenvalue weighted by molar-refractivity contribution is -0.116. The van der Waals surface area contributed by atoms with Gasteiger partial charge >= 0.3 is 0 Å². The van der Waals surface area contributed by atoms with Crippen LogP contribution in [0.2, 0.25) is 5.02 Å². The number of anilines is 1. The van der Waals surface area contributed by atoms with E-state index >= 15 is 0 Å². The van der Waals surface area contributed by atoms with E-state index in [4.69, 9.17) is 16.3 Å². The number of aromatic nitrogens is 2. The fourth-order valence-electron chi connectivity index (χ4n) is 2.02. The first-order valence-corrected chi connectivity index (χ1v) is 7.32. The molecule has 1 fully saturated rings. The molecule has 0 atom stereocenters. The van der Waals surface area contributed by atoms with Crippen molar-refractivity contribution in [1.29, 1.82) is 0 Å². The van der Waals surface area contributed by atoms with E-state index in [1.54, 1.807) is 12.1 Å². The quantitative estimate of drug-likeness (QED) is 0.860. The second-order valence-electron chi connectivity index (χ2n) is 5.06. The van der Waals surface area contributed by atoms with Gasteiger partial charge in [-0.15, -0.1) is 0 Å². The number of nitrogens with one attached hydrogen (secondary N) is 2. The van der Waals surface area contributed by atoms with Gasteiger partial charge in [-0.05, 0) is 25.0 Å². The molecule has 1 amide bonds. The fraction of sp³-hybridized carbons (Fsp3) is 0.333. The van der Waals surface area contributed by atoms with Crippen LogP contribution in [0.3, 0.4) is 0 Å². The molecule has 110 valence electrons. The van der Waals surface area contributed by atoms with Crippen molar-refractivity contribution in [1.82, 2.24) is 10.2 Å². The van der Waals surface area contributed by atoms with Crippen LogP contribution in [-0.4, -0.2) is 22.7 Å². The van der Waals surface area contributed by atoms with Crippen molar-refractivity contribution < 1.29 is 9.53 Å². The van der Waals surface area contributed by atoms with Crippen molar-refractivity contribution in [2.24, 2.45) is 0 Å². The average molecular weight is 306 g/mol. The maximum atomic E-state index is 11.8. The van der Waals surface area contributed by atoms with Crippen LogP contribution < -0.4 is 10.1 Å². The molecule has 1 aromatic heterocycles. The average Bonchev–Trinajstić information content (AvgIpc) is 3.22. The highest BCUT2D eigenvalue weighted by Crippen LogP contribution is 2.39. The van der Waals surface area contributed by atoms with Crippen molar-refractivity contribution in [3.8, 4) is 5.75 Å². The van der Waals surface area contributed by atoms with Crippen LogP contribution in [0.1, 0.15) is 30.9 Å². The van der Waals surface area contributed by atoms with Gasteiger partial charge in [0.2, 0.25) is 5.91 Å². The predicted molar refractivity (Wildman–Crippen MR) is 80.8 cm³/mol. The second kappa shape index (κ2) is 6.18. The standard InChI is InChI=1S/C15H16ClN3O2/c16-11-3-1-2-4-13(11)21-8-7-15(20)17-14-9-12(18-19-14)10-5-6-10/h1-4,9-10H,5-8H2,(H2,17,18,19,20). The van der Waals surface area contributed by atoms with Crippen LogP contribution in [0.5, 0.6) is 5.75 Å². The zero-order valence-corrected chi connectivity index (χ0v) is 12.2. The third-order valence-corrected chi connectivity index (χ3v) is 3.60. The Hall–Kier alpha value is -2.01. The lowest BCUT2D eigenvalue weighted by atomic mass is 10.3. The first-order valence-electron chi connectivity index (χ1n) is 6.95. The number of halogens is 1. The summed E-state index contributed by atoms with van der Waals surface area (Å²) in [5.74, 6) is 1.67. The minimum atomic E-state index is -0.118. The molecule has 2 aromatic rings. The number of hydrogen-bond acceptors (Lipinski definition) is 3. The Bertz CT molecular complexity index is 637. The van der Waals surface area contributed by atoms with Gasteiger partial charge < -0.3 is 10.1 Å². The number of ether oxygens (including phenoxy) is 1. The number of amides is 1. The highest BCUT2D eigenvalue weighted by molar-refractivity contribution is 6.32. The van der Waals surface area contributed by atoms with Crippen molar-refractivity contribution >= 4 is 23.3 Å². The molecular weight excluding hydrogens is 290 g/mol. The van der Waals surface area contributed by atoms with Gasteiger partial charge in [-0.1, -0.05) is 23.7 Å². The van der Waals surface area contributed by atoms with Crippen molar-refractivity contribution in [3.05, 3.63) is 41.0 Å². The Morgan fingerprint density at radius 2 is 2.24 bits per heavy atom. The SMILES string of the molecule is O=C(CCOc1ccccc1Cl)Nc1cc(C2CC2)n[nH]1. The maximum Gasteiger partial charge on any atom is 0.228 e. The van der Waals surface area contributed by atoms with Crippen molar-refractivity contribution in [2.45, 2.75) is 25.2 Å². The van der Waals surface area contributed by atoms with E-state index in [0.717, 1.165) is 5.69 Å². The van der Waals surface area contributed by atoms with E-state index in [1.807, 2.05) is 18.2 Å². The van der Waals surface area contributed by atoms with Gasteiger partial charge in [0.05, 0.1) is 23.7 Å². The Morgan fingerprint density at radius 3 is 3.00 bits per heavy atom. The summed E-state index contributed by atoms with van der Waals surface area (Å²) in [5, 5.41) is 10.3. The minimum Gasteiger partial charge on any atom is -0.491 e. The normalized spacial score (nSPS) is 14.0. The Morgan fingerprint density at radius 1 is 1.43 bits per heavy atom. The molecule has 1 aliphatic carbocycles. The minimum absolute atomic E-state index is 0.118. The number of hydrogen-bond donors (Lipinski definition) is 2. The van der Waals surface area contributed by atoms with Crippen LogP contribution in [0.25, 0.3) is 0 Å². The van der Waals surface area contributed by atoms with Gasteiger partial charge in [-0.25, -0.2) is 0 Å². The van der Waals surface area contributed by atoms with Crippen LogP contribution >= 0.6 is 11.6 Å². The number of carbonyl (C=O) groups excluding carboxylic acids is 1. The number of aromatic amines is 1. The molecule has 2 N–H and O–H groups in total. The van der Waals surface area contributed by atoms with E-state index < -0.39 is 0 Å². The first-order chi connectivity index (χ1) is 10.2. The summed E-state index contributed by atoms with van der Waals surface area (Å²) in [5.41, 5.74) is 1.03. The Labute approximate surface area is 127 Å². The van der Waals surface area contributed by atoms with E-state index in [-0.39, 0.29) is 18.9 Å². The van der Waals surface area contributed by atoms with Gasteiger partial charge in [0.15, 0.2) is 0 Å². The van der Waals surface area contributed by atoms with Gasteiger partial charge in [0.1, 0.15) is 11.6 Å². The third kappa shape index (κ3) is 3.76. The first kappa shape index (κ1) is 13.9. The highest BCUT2D eigenvalue weighted by Gasteiger charge is 2.26. The highest BCUT2D eigenvalue weighted by atomic mass is 35.5. The molecular formula is C15H16ClN3O2. The Balaban J connectivity index is 1.44. The zero-order chi connectivity index (χ0) is 14.7. The second-order valence-corrected chi connectivity index (χ2v) is 5.47. The maximum absolute atomic E-state index is 11.8. The number of benzene rings is 1. The molecule has 0 aliphatic heterocycles.